The molecule has 0 spiro atoms. The minimum atomic E-state index is -4.67. The lowest BCUT2D eigenvalue weighted by Gasteiger charge is -2.24. The zero-order valence-corrected chi connectivity index (χ0v) is 22.0. The van der Waals surface area contributed by atoms with Crippen molar-refractivity contribution in [3.63, 3.8) is 0 Å². The fourth-order valence-corrected chi connectivity index (χ4v) is 3.33. The fraction of sp³-hybridized carbons (Fsp3) is 0.360. The van der Waals surface area contributed by atoms with E-state index in [0.29, 0.717) is 22.3 Å². The van der Waals surface area contributed by atoms with Crippen molar-refractivity contribution in [2.45, 2.75) is 45.5 Å². The fourth-order valence-electron chi connectivity index (χ4n) is 3.33. The first-order valence-electron chi connectivity index (χ1n) is 11.6. The summed E-state index contributed by atoms with van der Waals surface area (Å²) in [5.74, 6) is 0.106. The van der Waals surface area contributed by atoms with Gasteiger partial charge in [0.15, 0.2) is 0 Å². The lowest BCUT2D eigenvalue weighted by molar-refractivity contribution is -0.0598. The number of benzene rings is 1. The van der Waals surface area contributed by atoms with Gasteiger partial charge in [-0.25, -0.2) is 19.6 Å². The number of nitrogens with two attached hydrogens (primary N) is 1. The van der Waals surface area contributed by atoms with Gasteiger partial charge >= 0.3 is 18.3 Å². The number of halogens is 3. The number of amidine groups is 1. The molecule has 3 aromatic rings. The Morgan fingerprint density at radius 1 is 1.13 bits per heavy atom. The van der Waals surface area contributed by atoms with Gasteiger partial charge < -0.3 is 20.1 Å². The van der Waals surface area contributed by atoms with Gasteiger partial charge in [0.2, 0.25) is 5.88 Å². The number of aliphatic imine (C=N–C) groups is 2. The van der Waals surface area contributed by atoms with E-state index in [2.05, 4.69) is 20.0 Å². The van der Waals surface area contributed by atoms with Crippen LogP contribution in [0.4, 0.5) is 22.8 Å². The van der Waals surface area contributed by atoms with Crippen LogP contribution in [0.2, 0.25) is 0 Å². The Bertz CT molecular complexity index is 1430. The molecule has 2 aromatic heterocycles. The molecule has 0 aliphatic carbocycles. The highest BCUT2D eigenvalue weighted by Crippen LogP contribution is 2.26. The summed E-state index contributed by atoms with van der Waals surface area (Å²) in [5.41, 5.74) is 4.75. The van der Waals surface area contributed by atoms with Crippen molar-refractivity contribution < 1.29 is 32.2 Å². The van der Waals surface area contributed by atoms with Crippen LogP contribution in [0.1, 0.15) is 32.9 Å². The van der Waals surface area contributed by atoms with E-state index in [9.17, 15) is 22.8 Å². The van der Waals surface area contributed by atoms with Crippen LogP contribution in [-0.4, -0.2) is 69.0 Å². The molecule has 2 heterocycles. The Kier molecular flexibility index (Phi) is 8.57. The number of carbonyl (C=O) groups is 2. The summed E-state index contributed by atoms with van der Waals surface area (Å²) in [5, 5.41) is 0.597. The standard InChI is InChI=1S/C25H28F3N7O4/c1-24(2,3)39-23(37)34(5)13-16-11-21(32-14-31-16)38-17-6-7-18-15(10-17)8-9-35(18)22(36)33-20(29)12-19(30-4)25(26,27)28/h6-11,14H,12-13H2,1-5H3,(H2,29,33,36). The molecule has 0 bridgehead atoms. The Hall–Kier alpha value is -4.49. The maximum atomic E-state index is 12.9. The minimum Gasteiger partial charge on any atom is -0.444 e. The van der Waals surface area contributed by atoms with E-state index in [1.165, 1.54) is 17.4 Å². The SMILES string of the molecule is CN=C(CC(N)=NC(=O)n1ccc2cc(Oc3cc(CN(C)C(=O)OC(C)(C)C)ncn3)ccc21)C(F)(F)F. The van der Waals surface area contributed by atoms with Gasteiger partial charge in [-0.05, 0) is 45.0 Å². The van der Waals surface area contributed by atoms with Gasteiger partial charge in [-0.3, -0.25) is 9.56 Å². The van der Waals surface area contributed by atoms with Gasteiger partial charge in [-0.15, -0.1) is 0 Å². The molecule has 0 saturated carbocycles. The van der Waals surface area contributed by atoms with Gasteiger partial charge in [-0.2, -0.15) is 18.2 Å². The van der Waals surface area contributed by atoms with Gasteiger partial charge in [0.05, 0.1) is 24.2 Å². The third-order valence-electron chi connectivity index (χ3n) is 5.08. The van der Waals surface area contributed by atoms with E-state index in [4.69, 9.17) is 15.2 Å². The maximum absolute atomic E-state index is 12.9. The van der Waals surface area contributed by atoms with E-state index in [-0.39, 0.29) is 12.4 Å². The Labute approximate surface area is 222 Å². The summed E-state index contributed by atoms with van der Waals surface area (Å²) in [6.45, 7) is 5.48. The Balaban J connectivity index is 1.72. The van der Waals surface area contributed by atoms with E-state index in [0.717, 1.165) is 11.6 Å². The molecule has 2 N–H and O–H groups in total. The molecule has 208 valence electrons. The number of hydrogen-bond donors (Lipinski definition) is 1. The van der Waals surface area contributed by atoms with Crippen molar-refractivity contribution in [2.24, 2.45) is 15.7 Å². The average molecular weight is 548 g/mol. The number of alkyl halides is 3. The highest BCUT2D eigenvalue weighted by molar-refractivity contribution is 6.09. The molecule has 3 rings (SSSR count). The highest BCUT2D eigenvalue weighted by atomic mass is 19.4. The molecule has 0 saturated heterocycles. The number of rotatable bonds is 6. The lowest BCUT2D eigenvalue weighted by Crippen LogP contribution is -2.34. The summed E-state index contributed by atoms with van der Waals surface area (Å²) in [7, 11) is 2.57. The minimum absolute atomic E-state index is 0.163. The summed E-state index contributed by atoms with van der Waals surface area (Å²) >= 11 is 0. The van der Waals surface area contributed by atoms with Crippen molar-refractivity contribution in [2.75, 3.05) is 14.1 Å². The van der Waals surface area contributed by atoms with Crippen molar-refractivity contribution in [1.29, 1.82) is 0 Å². The monoisotopic (exact) mass is 547 g/mol. The quantitative estimate of drug-likeness (QED) is 0.341. The average Bonchev–Trinajstić information content (AvgIpc) is 3.24. The maximum Gasteiger partial charge on any atom is 0.429 e. The third-order valence-corrected chi connectivity index (χ3v) is 5.08. The normalized spacial score (nSPS) is 12.9. The van der Waals surface area contributed by atoms with Gasteiger partial charge in [-0.1, -0.05) is 0 Å². The molecule has 0 atom stereocenters. The zero-order chi connectivity index (χ0) is 29.0. The van der Waals surface area contributed by atoms with Crippen LogP contribution >= 0.6 is 0 Å². The van der Waals surface area contributed by atoms with Gasteiger partial charge in [0.1, 0.15) is 29.2 Å². The van der Waals surface area contributed by atoms with Crippen LogP contribution in [0, 0.1) is 0 Å². The number of hydrogen-bond acceptors (Lipinski definition) is 7. The third kappa shape index (κ3) is 7.99. The number of carbonyl (C=O) groups excluding carboxylic acids is 2. The molecule has 0 radical (unpaired) electrons. The largest absolute Gasteiger partial charge is 0.444 e. The van der Waals surface area contributed by atoms with Crippen molar-refractivity contribution >= 4 is 34.6 Å². The highest BCUT2D eigenvalue weighted by Gasteiger charge is 2.35. The molecule has 0 aliphatic rings. The number of fused-ring (bicyclic) bond motifs is 1. The molecule has 0 aliphatic heterocycles. The second-order valence-corrected chi connectivity index (χ2v) is 9.42. The first kappa shape index (κ1) is 29.1. The predicted molar refractivity (Wildman–Crippen MR) is 138 cm³/mol. The summed E-state index contributed by atoms with van der Waals surface area (Å²) in [4.78, 5) is 41.1. The van der Waals surface area contributed by atoms with Gasteiger partial charge in [0.25, 0.3) is 0 Å². The topological polar surface area (TPSA) is 137 Å². The summed E-state index contributed by atoms with van der Waals surface area (Å²) in [6.07, 6.45) is -3.26. The van der Waals surface area contributed by atoms with E-state index >= 15 is 0 Å². The van der Waals surface area contributed by atoms with E-state index in [1.54, 1.807) is 58.2 Å². The lowest BCUT2D eigenvalue weighted by atomic mass is 10.2. The van der Waals surface area contributed by atoms with Crippen LogP contribution in [0.3, 0.4) is 0 Å². The molecule has 0 unspecified atom stereocenters. The van der Waals surface area contributed by atoms with Crippen LogP contribution in [0.5, 0.6) is 11.6 Å². The molecule has 11 nitrogen and oxygen atoms in total. The molecule has 2 amide bonds. The van der Waals surface area contributed by atoms with E-state index < -0.39 is 41.9 Å². The molecular weight excluding hydrogens is 519 g/mol. The predicted octanol–water partition coefficient (Wildman–Crippen LogP) is 4.94. The molecule has 39 heavy (non-hydrogen) atoms. The molecule has 1 aromatic carbocycles. The second-order valence-electron chi connectivity index (χ2n) is 9.42. The first-order valence-corrected chi connectivity index (χ1v) is 11.6. The Morgan fingerprint density at radius 2 is 1.85 bits per heavy atom. The molecule has 0 fully saturated rings. The van der Waals surface area contributed by atoms with Crippen LogP contribution in [-0.2, 0) is 11.3 Å². The number of amides is 2. The molecular formula is C25H28F3N7O4. The van der Waals surface area contributed by atoms with Crippen LogP contribution in [0.25, 0.3) is 10.9 Å². The second kappa shape index (κ2) is 11.5. The first-order chi connectivity index (χ1) is 18.2. The number of ether oxygens (including phenoxy) is 2. The van der Waals surface area contributed by atoms with Crippen LogP contribution in [0.15, 0.2) is 52.8 Å². The zero-order valence-electron chi connectivity index (χ0n) is 22.0. The van der Waals surface area contributed by atoms with Crippen molar-refractivity contribution in [1.82, 2.24) is 19.4 Å². The van der Waals surface area contributed by atoms with Crippen molar-refractivity contribution in [3.05, 3.63) is 48.5 Å². The Morgan fingerprint density at radius 3 is 2.49 bits per heavy atom. The van der Waals surface area contributed by atoms with E-state index in [1.807, 2.05) is 0 Å². The molecule has 14 heteroatoms. The summed E-state index contributed by atoms with van der Waals surface area (Å²) < 4.78 is 51.0. The summed E-state index contributed by atoms with van der Waals surface area (Å²) in [6, 6.07) is 7.14. The van der Waals surface area contributed by atoms with Crippen LogP contribution < -0.4 is 10.5 Å². The smallest absolute Gasteiger partial charge is 0.429 e. The number of nitrogens with zero attached hydrogens (tertiary/aromatic N) is 6. The van der Waals surface area contributed by atoms with Crippen molar-refractivity contribution in [3.8, 4) is 11.6 Å². The number of aromatic nitrogens is 3. The van der Waals surface area contributed by atoms with Gasteiger partial charge in [0, 0.05) is 31.7 Å².